The second kappa shape index (κ2) is 6.98. The molecule has 1 amide bonds. The Bertz CT molecular complexity index is 1150. The van der Waals surface area contributed by atoms with Crippen molar-refractivity contribution in [3.8, 4) is 11.3 Å². The lowest BCUT2D eigenvalue weighted by atomic mass is 10.1. The van der Waals surface area contributed by atoms with Gasteiger partial charge in [0.15, 0.2) is 11.5 Å². The Hall–Kier alpha value is -2.96. The molecule has 4 rings (SSSR count). The highest BCUT2D eigenvalue weighted by atomic mass is 35.5. The van der Waals surface area contributed by atoms with Gasteiger partial charge in [0.2, 0.25) is 0 Å². The average Bonchev–Trinajstić information content (AvgIpc) is 3.04. The number of aryl methyl sites for hydroxylation is 1. The van der Waals surface area contributed by atoms with Crippen LogP contribution in [0.25, 0.3) is 16.9 Å². The Labute approximate surface area is 164 Å². The van der Waals surface area contributed by atoms with E-state index in [-0.39, 0.29) is 5.91 Å². The van der Waals surface area contributed by atoms with Crippen LogP contribution in [-0.2, 0) is 0 Å². The van der Waals surface area contributed by atoms with Crippen LogP contribution in [0.4, 0.5) is 5.69 Å². The van der Waals surface area contributed by atoms with Crippen LogP contribution in [0.1, 0.15) is 16.2 Å². The van der Waals surface area contributed by atoms with E-state index in [1.807, 2.05) is 31.2 Å². The van der Waals surface area contributed by atoms with E-state index in [4.69, 9.17) is 23.2 Å². The van der Waals surface area contributed by atoms with Crippen LogP contribution < -0.4 is 5.32 Å². The Morgan fingerprint density at radius 3 is 2.56 bits per heavy atom. The van der Waals surface area contributed by atoms with Gasteiger partial charge >= 0.3 is 0 Å². The molecular weight excluding hydrogens is 385 g/mol. The molecule has 0 bridgehead atoms. The van der Waals surface area contributed by atoms with Crippen LogP contribution in [0, 0.1) is 6.92 Å². The van der Waals surface area contributed by atoms with Crippen molar-refractivity contribution in [1.29, 1.82) is 0 Å². The molecule has 2 aromatic carbocycles. The molecule has 0 radical (unpaired) electrons. The van der Waals surface area contributed by atoms with Crippen molar-refractivity contribution < 1.29 is 4.79 Å². The molecule has 134 valence electrons. The summed E-state index contributed by atoms with van der Waals surface area (Å²) in [6, 6.07) is 15.9. The number of carbonyl (C=O) groups is 1. The third-order valence-electron chi connectivity index (χ3n) is 4.03. The van der Waals surface area contributed by atoms with Crippen molar-refractivity contribution in [3.05, 3.63) is 76.0 Å². The van der Waals surface area contributed by atoms with Crippen molar-refractivity contribution in [2.75, 3.05) is 5.32 Å². The van der Waals surface area contributed by atoms with E-state index in [0.717, 1.165) is 11.3 Å². The van der Waals surface area contributed by atoms with E-state index >= 15 is 0 Å². The summed E-state index contributed by atoms with van der Waals surface area (Å²) in [6.45, 7) is 1.84. The van der Waals surface area contributed by atoms with Gasteiger partial charge in [-0.15, -0.1) is 10.2 Å². The molecule has 0 saturated heterocycles. The molecule has 0 saturated carbocycles. The second-order valence-electron chi connectivity index (χ2n) is 5.89. The van der Waals surface area contributed by atoms with Crippen LogP contribution in [0.2, 0.25) is 10.0 Å². The molecule has 0 aliphatic rings. The lowest BCUT2D eigenvalue weighted by molar-refractivity contribution is 0.102. The van der Waals surface area contributed by atoms with Gasteiger partial charge in [-0.25, -0.2) is 0 Å². The smallest absolute Gasteiger partial charge is 0.257 e. The minimum atomic E-state index is -0.324. The molecule has 8 heteroatoms. The van der Waals surface area contributed by atoms with E-state index in [1.165, 1.54) is 6.07 Å². The molecular formula is C19H13Cl2N5O. The largest absolute Gasteiger partial charge is 0.322 e. The van der Waals surface area contributed by atoms with Gasteiger partial charge in [0.05, 0.1) is 16.3 Å². The number of nitrogens with zero attached hydrogens (tertiary/aromatic N) is 4. The number of carbonyl (C=O) groups excluding carboxylic acids is 1. The Kier molecular flexibility index (Phi) is 4.51. The fourth-order valence-corrected chi connectivity index (χ4v) is 3.02. The quantitative estimate of drug-likeness (QED) is 0.545. The molecule has 0 aliphatic heterocycles. The Morgan fingerprint density at radius 2 is 1.78 bits per heavy atom. The van der Waals surface area contributed by atoms with Gasteiger partial charge in [0.25, 0.3) is 5.91 Å². The zero-order valence-electron chi connectivity index (χ0n) is 14.1. The van der Waals surface area contributed by atoms with E-state index in [1.54, 1.807) is 28.8 Å². The number of benzene rings is 2. The number of halogens is 2. The lowest BCUT2D eigenvalue weighted by Crippen LogP contribution is -2.12. The fourth-order valence-electron chi connectivity index (χ4n) is 2.64. The summed E-state index contributed by atoms with van der Waals surface area (Å²) < 4.78 is 1.69. The van der Waals surface area contributed by atoms with Gasteiger partial charge in [-0.2, -0.15) is 9.61 Å². The van der Waals surface area contributed by atoms with Gasteiger partial charge in [-0.05, 0) is 49.4 Å². The molecule has 0 fully saturated rings. The van der Waals surface area contributed by atoms with E-state index in [9.17, 15) is 4.79 Å². The molecule has 0 aliphatic carbocycles. The summed E-state index contributed by atoms with van der Waals surface area (Å²) in [5.41, 5.74) is 3.34. The van der Waals surface area contributed by atoms with Gasteiger partial charge in [0.1, 0.15) is 0 Å². The van der Waals surface area contributed by atoms with E-state index in [0.29, 0.717) is 32.8 Å². The van der Waals surface area contributed by atoms with Gasteiger partial charge in [-0.1, -0.05) is 35.3 Å². The summed E-state index contributed by atoms with van der Waals surface area (Å²) in [4.78, 5) is 12.4. The standard InChI is InChI=1S/C19H13Cl2N5O/c1-11-23-24-18-9-8-17(25-26(11)18)12-2-5-14(6-3-12)22-19(27)15-10-13(20)4-7-16(15)21/h2-10H,1H3,(H,22,27). The maximum absolute atomic E-state index is 12.4. The summed E-state index contributed by atoms with van der Waals surface area (Å²) in [5, 5.41) is 16.2. The van der Waals surface area contributed by atoms with Crippen molar-refractivity contribution in [2.24, 2.45) is 0 Å². The van der Waals surface area contributed by atoms with Crippen molar-refractivity contribution in [3.63, 3.8) is 0 Å². The molecule has 27 heavy (non-hydrogen) atoms. The summed E-state index contributed by atoms with van der Waals surface area (Å²) in [6.07, 6.45) is 0. The topological polar surface area (TPSA) is 72.2 Å². The summed E-state index contributed by atoms with van der Waals surface area (Å²) >= 11 is 12.0. The third kappa shape index (κ3) is 3.49. The first-order chi connectivity index (χ1) is 13.0. The first-order valence-electron chi connectivity index (χ1n) is 8.07. The maximum Gasteiger partial charge on any atom is 0.257 e. The van der Waals surface area contributed by atoms with Crippen LogP contribution in [0.5, 0.6) is 0 Å². The molecule has 0 unspecified atom stereocenters. The molecule has 4 aromatic rings. The highest BCUT2D eigenvalue weighted by molar-refractivity contribution is 6.36. The number of hydrogen-bond acceptors (Lipinski definition) is 4. The SMILES string of the molecule is Cc1nnc2ccc(-c3ccc(NC(=O)c4cc(Cl)ccc4Cl)cc3)nn12. The lowest BCUT2D eigenvalue weighted by Gasteiger charge is -2.08. The third-order valence-corrected chi connectivity index (χ3v) is 4.59. The van der Waals surface area contributed by atoms with E-state index in [2.05, 4.69) is 20.6 Å². The minimum absolute atomic E-state index is 0.323. The van der Waals surface area contributed by atoms with Gasteiger partial charge in [0, 0.05) is 16.3 Å². The molecule has 2 heterocycles. The Morgan fingerprint density at radius 1 is 1.00 bits per heavy atom. The molecule has 6 nitrogen and oxygen atoms in total. The Balaban J connectivity index is 1.57. The predicted octanol–water partition coefficient (Wildman–Crippen LogP) is 4.66. The highest BCUT2D eigenvalue weighted by Gasteiger charge is 2.12. The van der Waals surface area contributed by atoms with Crippen molar-refractivity contribution in [1.82, 2.24) is 19.8 Å². The maximum atomic E-state index is 12.4. The number of hydrogen-bond donors (Lipinski definition) is 1. The number of nitrogens with one attached hydrogen (secondary N) is 1. The number of rotatable bonds is 3. The molecule has 2 aromatic heterocycles. The van der Waals surface area contributed by atoms with Crippen molar-refractivity contribution in [2.45, 2.75) is 6.92 Å². The number of aromatic nitrogens is 4. The van der Waals surface area contributed by atoms with Crippen LogP contribution in [0.3, 0.4) is 0 Å². The van der Waals surface area contributed by atoms with Gasteiger partial charge in [-0.3, -0.25) is 4.79 Å². The molecule has 0 atom stereocenters. The number of fused-ring (bicyclic) bond motifs is 1. The number of amides is 1. The van der Waals surface area contributed by atoms with Crippen LogP contribution in [-0.4, -0.2) is 25.7 Å². The average molecular weight is 398 g/mol. The zero-order chi connectivity index (χ0) is 19.0. The fraction of sp³-hybridized carbons (Fsp3) is 0.0526. The molecule has 0 spiro atoms. The summed E-state index contributed by atoms with van der Waals surface area (Å²) in [5.74, 6) is 0.393. The number of anilines is 1. The monoisotopic (exact) mass is 397 g/mol. The minimum Gasteiger partial charge on any atom is -0.322 e. The zero-order valence-corrected chi connectivity index (χ0v) is 15.7. The van der Waals surface area contributed by atoms with E-state index < -0.39 is 0 Å². The van der Waals surface area contributed by atoms with Crippen molar-refractivity contribution >= 4 is 40.4 Å². The molecule has 1 N–H and O–H groups in total. The second-order valence-corrected chi connectivity index (χ2v) is 6.74. The van der Waals surface area contributed by atoms with Gasteiger partial charge < -0.3 is 5.32 Å². The van der Waals surface area contributed by atoms with Crippen LogP contribution in [0.15, 0.2) is 54.6 Å². The summed E-state index contributed by atoms with van der Waals surface area (Å²) in [7, 11) is 0. The first-order valence-corrected chi connectivity index (χ1v) is 8.83. The highest BCUT2D eigenvalue weighted by Crippen LogP contribution is 2.23. The first kappa shape index (κ1) is 17.5. The predicted molar refractivity (Wildman–Crippen MR) is 105 cm³/mol. The van der Waals surface area contributed by atoms with Crippen LogP contribution >= 0.6 is 23.2 Å². The normalized spacial score (nSPS) is 10.9.